The normalized spacial score (nSPS) is 17.9. The maximum Gasteiger partial charge on any atom is 0.237 e. The summed E-state index contributed by atoms with van der Waals surface area (Å²) in [7, 11) is 1.71. The van der Waals surface area contributed by atoms with Gasteiger partial charge in [-0.05, 0) is 50.2 Å². The number of amides is 1. The van der Waals surface area contributed by atoms with Crippen LogP contribution in [-0.2, 0) is 10.2 Å². The first kappa shape index (κ1) is 18.8. The van der Waals surface area contributed by atoms with Crippen LogP contribution in [0.25, 0.3) is 0 Å². The molecule has 0 fully saturated rings. The number of nitrogens with zero attached hydrogens (tertiary/aromatic N) is 1. The molecule has 26 heavy (non-hydrogen) atoms. The molecule has 2 aromatic carbocycles. The summed E-state index contributed by atoms with van der Waals surface area (Å²) in [6.45, 7) is 3.78. The quantitative estimate of drug-likeness (QED) is 0.840. The fourth-order valence-corrected chi connectivity index (χ4v) is 3.80. The SMILES string of the molecule is CNC[C@H](O)[C@H](c1cccc(Cl)c1)N1C(=O)C(C)(C)c2cccc(F)c21. The number of anilines is 1. The number of rotatable bonds is 5. The fourth-order valence-electron chi connectivity index (χ4n) is 3.60. The number of nitrogens with one attached hydrogen (secondary N) is 1. The van der Waals surface area contributed by atoms with Gasteiger partial charge in [0.15, 0.2) is 0 Å². The number of fused-ring (bicyclic) bond motifs is 1. The molecule has 0 saturated heterocycles. The summed E-state index contributed by atoms with van der Waals surface area (Å²) in [6, 6.07) is 10.9. The van der Waals surface area contributed by atoms with E-state index in [-0.39, 0.29) is 18.1 Å². The molecule has 2 atom stereocenters. The minimum Gasteiger partial charge on any atom is -0.389 e. The van der Waals surface area contributed by atoms with Crippen molar-refractivity contribution >= 4 is 23.2 Å². The van der Waals surface area contributed by atoms with Gasteiger partial charge in [0.05, 0.1) is 23.2 Å². The smallest absolute Gasteiger partial charge is 0.237 e. The van der Waals surface area contributed by atoms with Crippen LogP contribution in [0.4, 0.5) is 10.1 Å². The van der Waals surface area contributed by atoms with Gasteiger partial charge in [0.1, 0.15) is 5.82 Å². The molecule has 0 aliphatic carbocycles. The zero-order valence-electron chi connectivity index (χ0n) is 15.0. The summed E-state index contributed by atoms with van der Waals surface area (Å²) in [5.41, 5.74) is 0.613. The van der Waals surface area contributed by atoms with Crippen LogP contribution in [0, 0.1) is 5.82 Å². The molecule has 2 N–H and O–H groups in total. The number of hydrogen-bond donors (Lipinski definition) is 2. The van der Waals surface area contributed by atoms with E-state index in [0.29, 0.717) is 16.1 Å². The van der Waals surface area contributed by atoms with Crippen LogP contribution in [0.3, 0.4) is 0 Å². The highest BCUT2D eigenvalue weighted by atomic mass is 35.5. The Hall–Kier alpha value is -1.95. The summed E-state index contributed by atoms with van der Waals surface area (Å²) in [5.74, 6) is -0.733. The Balaban J connectivity index is 2.20. The third-order valence-electron chi connectivity index (χ3n) is 4.90. The molecule has 1 aliphatic heterocycles. The van der Waals surface area contributed by atoms with Crippen molar-refractivity contribution in [3.63, 3.8) is 0 Å². The molecule has 0 saturated carbocycles. The van der Waals surface area contributed by atoms with E-state index in [1.54, 1.807) is 57.3 Å². The van der Waals surface area contributed by atoms with Crippen molar-refractivity contribution in [1.29, 1.82) is 0 Å². The van der Waals surface area contributed by atoms with Crippen LogP contribution >= 0.6 is 11.6 Å². The Bertz CT molecular complexity index is 840. The first-order valence-corrected chi connectivity index (χ1v) is 8.87. The highest BCUT2D eigenvalue weighted by molar-refractivity contribution is 6.30. The van der Waals surface area contributed by atoms with Gasteiger partial charge >= 0.3 is 0 Å². The lowest BCUT2D eigenvalue weighted by atomic mass is 9.86. The maximum atomic E-state index is 14.7. The standard InChI is InChI=1S/C20H22ClFN2O2/c1-20(2)14-8-5-9-15(22)18(14)24(19(20)26)17(16(25)11-23-3)12-6-4-7-13(21)10-12/h4-10,16-17,23,25H,11H2,1-3H3/t16-,17-/m0/s1. The fraction of sp³-hybridized carbons (Fsp3) is 0.350. The molecule has 0 unspecified atom stereocenters. The average molecular weight is 377 g/mol. The number of aliphatic hydroxyl groups excluding tert-OH is 1. The van der Waals surface area contributed by atoms with E-state index in [0.717, 1.165) is 0 Å². The second-order valence-electron chi connectivity index (χ2n) is 7.06. The molecule has 0 spiro atoms. The van der Waals surface area contributed by atoms with Gasteiger partial charge in [0.25, 0.3) is 0 Å². The summed E-state index contributed by atoms with van der Waals surface area (Å²) in [5, 5.41) is 14.2. The van der Waals surface area contributed by atoms with Crippen molar-refractivity contribution in [2.75, 3.05) is 18.5 Å². The summed E-state index contributed by atoms with van der Waals surface area (Å²) < 4.78 is 14.7. The molecule has 3 rings (SSSR count). The molecule has 2 aromatic rings. The lowest BCUT2D eigenvalue weighted by Crippen LogP contribution is -2.45. The molecule has 138 valence electrons. The minimum atomic E-state index is -0.941. The van der Waals surface area contributed by atoms with Crippen LogP contribution in [-0.4, -0.2) is 30.7 Å². The minimum absolute atomic E-state index is 0.225. The van der Waals surface area contributed by atoms with Crippen LogP contribution in [0.1, 0.15) is 31.0 Å². The van der Waals surface area contributed by atoms with Gasteiger partial charge < -0.3 is 10.4 Å². The van der Waals surface area contributed by atoms with Crippen LogP contribution < -0.4 is 10.2 Å². The first-order valence-electron chi connectivity index (χ1n) is 8.49. The van der Waals surface area contributed by atoms with Gasteiger partial charge in [-0.1, -0.05) is 35.9 Å². The van der Waals surface area contributed by atoms with Gasteiger partial charge in [-0.2, -0.15) is 0 Å². The number of carbonyl (C=O) groups is 1. The third kappa shape index (κ3) is 3.00. The van der Waals surface area contributed by atoms with E-state index in [9.17, 15) is 14.3 Å². The number of likely N-dealkylation sites (N-methyl/N-ethyl adjacent to an activating group) is 1. The Morgan fingerprint density at radius 3 is 2.62 bits per heavy atom. The third-order valence-corrected chi connectivity index (χ3v) is 5.14. The maximum absolute atomic E-state index is 14.7. The van der Waals surface area contributed by atoms with E-state index in [1.165, 1.54) is 11.0 Å². The summed E-state index contributed by atoms with van der Waals surface area (Å²) >= 11 is 6.13. The lowest BCUT2D eigenvalue weighted by Gasteiger charge is -2.34. The van der Waals surface area contributed by atoms with Crippen LogP contribution in [0.2, 0.25) is 5.02 Å². The largest absolute Gasteiger partial charge is 0.389 e. The van der Waals surface area contributed by atoms with Gasteiger partial charge in [0, 0.05) is 11.6 Å². The van der Waals surface area contributed by atoms with E-state index < -0.39 is 23.4 Å². The molecule has 0 bridgehead atoms. The number of hydrogen-bond acceptors (Lipinski definition) is 3. The Morgan fingerprint density at radius 2 is 1.96 bits per heavy atom. The van der Waals surface area contributed by atoms with Crippen molar-refractivity contribution < 1.29 is 14.3 Å². The Morgan fingerprint density at radius 1 is 1.27 bits per heavy atom. The predicted molar refractivity (Wildman–Crippen MR) is 101 cm³/mol. The Labute approximate surface area is 157 Å². The van der Waals surface area contributed by atoms with Gasteiger partial charge in [-0.3, -0.25) is 9.69 Å². The van der Waals surface area contributed by atoms with E-state index in [1.807, 2.05) is 0 Å². The van der Waals surface area contributed by atoms with E-state index in [2.05, 4.69) is 5.32 Å². The van der Waals surface area contributed by atoms with E-state index >= 15 is 0 Å². The highest BCUT2D eigenvalue weighted by Gasteiger charge is 2.49. The molecular formula is C20H22ClFN2O2. The average Bonchev–Trinajstić information content (AvgIpc) is 2.78. The van der Waals surface area contributed by atoms with Crippen LogP contribution in [0.15, 0.2) is 42.5 Å². The molecule has 4 nitrogen and oxygen atoms in total. The molecule has 0 radical (unpaired) electrons. The second kappa shape index (κ2) is 6.99. The monoisotopic (exact) mass is 376 g/mol. The number of halogens is 2. The lowest BCUT2D eigenvalue weighted by molar-refractivity contribution is -0.123. The molecule has 1 heterocycles. The van der Waals surface area contributed by atoms with E-state index in [4.69, 9.17) is 11.6 Å². The van der Waals surface area contributed by atoms with Crippen molar-refractivity contribution in [2.45, 2.75) is 31.4 Å². The molecular weight excluding hydrogens is 355 g/mol. The first-order chi connectivity index (χ1) is 12.3. The topological polar surface area (TPSA) is 52.6 Å². The number of para-hydroxylation sites is 1. The van der Waals surface area contributed by atoms with Crippen LogP contribution in [0.5, 0.6) is 0 Å². The Kier molecular flexibility index (Phi) is 5.06. The van der Waals surface area contributed by atoms with Gasteiger partial charge in [0.2, 0.25) is 5.91 Å². The van der Waals surface area contributed by atoms with Gasteiger partial charge in [-0.25, -0.2) is 4.39 Å². The molecule has 0 aromatic heterocycles. The van der Waals surface area contributed by atoms with Crippen molar-refractivity contribution in [2.24, 2.45) is 0 Å². The highest BCUT2D eigenvalue weighted by Crippen LogP contribution is 2.47. The molecule has 6 heteroatoms. The molecule has 1 amide bonds. The van der Waals surface area contributed by atoms with Crippen molar-refractivity contribution in [1.82, 2.24) is 5.32 Å². The van der Waals surface area contributed by atoms with Crippen molar-refractivity contribution in [3.8, 4) is 0 Å². The zero-order chi connectivity index (χ0) is 19.1. The number of benzene rings is 2. The predicted octanol–water partition coefficient (Wildman–Crippen LogP) is 3.42. The number of carbonyl (C=O) groups excluding carboxylic acids is 1. The summed E-state index contributed by atoms with van der Waals surface area (Å²) in [6.07, 6.45) is -0.941. The van der Waals surface area contributed by atoms with Crippen molar-refractivity contribution in [3.05, 3.63) is 64.4 Å². The van der Waals surface area contributed by atoms with Gasteiger partial charge in [-0.15, -0.1) is 0 Å². The molecule has 1 aliphatic rings. The number of aliphatic hydroxyl groups is 1. The summed E-state index contributed by atoms with van der Waals surface area (Å²) in [4.78, 5) is 14.6. The second-order valence-corrected chi connectivity index (χ2v) is 7.50. The zero-order valence-corrected chi connectivity index (χ0v) is 15.7.